The number of benzene rings is 2. The lowest BCUT2D eigenvalue weighted by Gasteiger charge is -2.15. The van der Waals surface area contributed by atoms with Crippen LogP contribution in [0, 0.1) is 6.92 Å². The first kappa shape index (κ1) is 28.2. The molecule has 0 fully saturated rings. The lowest BCUT2D eigenvalue weighted by atomic mass is 10.1. The molecule has 32 heavy (non-hydrogen) atoms. The van der Waals surface area contributed by atoms with Gasteiger partial charge < -0.3 is 15.4 Å². The molecule has 0 saturated heterocycles. The van der Waals surface area contributed by atoms with E-state index in [4.69, 9.17) is 4.74 Å². The maximum atomic E-state index is 12.1. The zero-order chi connectivity index (χ0) is 22.9. The molecule has 0 atom stereocenters. The van der Waals surface area contributed by atoms with Crippen LogP contribution >= 0.6 is 24.0 Å². The molecule has 9 heteroatoms. The van der Waals surface area contributed by atoms with Gasteiger partial charge in [-0.05, 0) is 50.5 Å². The molecule has 0 spiro atoms. The van der Waals surface area contributed by atoms with Gasteiger partial charge in [-0.1, -0.05) is 36.4 Å². The van der Waals surface area contributed by atoms with Crippen LogP contribution in [0.4, 0.5) is 0 Å². The molecule has 0 saturated carbocycles. The van der Waals surface area contributed by atoms with Crippen LogP contribution in [0.2, 0.25) is 0 Å². The van der Waals surface area contributed by atoms with Crippen LogP contribution in [-0.2, 0) is 28.9 Å². The Bertz CT molecular complexity index is 977. The Balaban J connectivity index is 0.00000512. The molecule has 7 nitrogen and oxygen atoms in total. The van der Waals surface area contributed by atoms with Crippen molar-refractivity contribution in [1.29, 1.82) is 0 Å². The SMILES string of the molecule is CCOc1cc(C)ccc1CNC(=NC)NCc1ccc(CS(=O)(=O)NC(C)C)cc1.I. The van der Waals surface area contributed by atoms with E-state index >= 15 is 0 Å². The lowest BCUT2D eigenvalue weighted by Crippen LogP contribution is -2.36. The van der Waals surface area contributed by atoms with E-state index in [1.165, 1.54) is 0 Å². The minimum atomic E-state index is -3.33. The molecular weight excluding hydrogens is 539 g/mol. The fraction of sp³-hybridized carbons (Fsp3) is 0.435. The van der Waals surface area contributed by atoms with Crippen molar-refractivity contribution in [3.05, 3.63) is 64.7 Å². The number of aryl methyl sites for hydroxylation is 1. The highest BCUT2D eigenvalue weighted by atomic mass is 127. The molecule has 0 aliphatic heterocycles. The Hall–Kier alpha value is -1.85. The number of hydrogen-bond donors (Lipinski definition) is 3. The van der Waals surface area contributed by atoms with Crippen LogP contribution in [0.15, 0.2) is 47.5 Å². The Morgan fingerprint density at radius 3 is 2.25 bits per heavy atom. The standard InChI is InChI=1S/C23H34N4O3S.HI/c1-6-30-22-13-18(4)7-12-21(22)15-26-23(24-5)25-14-19-8-10-20(11-9-19)16-31(28,29)27-17(2)3;/h7-13,17,27H,6,14-16H2,1-5H3,(H2,24,25,26);1H. The second kappa shape index (κ2) is 13.6. The third-order valence-electron chi connectivity index (χ3n) is 4.45. The molecule has 0 heterocycles. The van der Waals surface area contributed by atoms with Gasteiger partial charge in [-0.3, -0.25) is 4.99 Å². The van der Waals surface area contributed by atoms with Gasteiger partial charge in [0.15, 0.2) is 5.96 Å². The number of aliphatic imine (C=N–C) groups is 1. The van der Waals surface area contributed by atoms with Crippen LogP contribution in [-0.4, -0.2) is 34.1 Å². The highest BCUT2D eigenvalue weighted by Crippen LogP contribution is 2.20. The molecular formula is C23H35IN4O3S. The van der Waals surface area contributed by atoms with E-state index in [9.17, 15) is 8.42 Å². The van der Waals surface area contributed by atoms with Crippen molar-refractivity contribution in [2.75, 3.05) is 13.7 Å². The van der Waals surface area contributed by atoms with Crippen molar-refractivity contribution in [2.45, 2.75) is 52.6 Å². The molecule has 0 bridgehead atoms. The summed E-state index contributed by atoms with van der Waals surface area (Å²) in [5.74, 6) is 1.53. The second-order valence-electron chi connectivity index (χ2n) is 7.67. The van der Waals surface area contributed by atoms with Crippen LogP contribution in [0.25, 0.3) is 0 Å². The van der Waals surface area contributed by atoms with Gasteiger partial charge >= 0.3 is 0 Å². The summed E-state index contributed by atoms with van der Waals surface area (Å²) in [5.41, 5.74) is 4.01. The first-order chi connectivity index (χ1) is 14.7. The Morgan fingerprint density at radius 1 is 1.03 bits per heavy atom. The minimum absolute atomic E-state index is 0. The molecule has 0 amide bonds. The number of rotatable bonds is 10. The topological polar surface area (TPSA) is 91.8 Å². The number of nitrogens with zero attached hydrogens (tertiary/aromatic N) is 1. The zero-order valence-corrected chi connectivity index (χ0v) is 22.6. The van der Waals surface area contributed by atoms with Crippen LogP contribution in [0.3, 0.4) is 0 Å². The molecule has 2 rings (SSSR count). The Labute approximate surface area is 209 Å². The van der Waals surface area contributed by atoms with E-state index in [1.807, 2.05) is 58.0 Å². The van der Waals surface area contributed by atoms with Gasteiger partial charge in [0, 0.05) is 31.7 Å². The smallest absolute Gasteiger partial charge is 0.216 e. The van der Waals surface area contributed by atoms with Crippen molar-refractivity contribution in [2.24, 2.45) is 4.99 Å². The molecule has 0 aromatic heterocycles. The third-order valence-corrected chi connectivity index (χ3v) is 5.99. The van der Waals surface area contributed by atoms with Gasteiger partial charge in [0.1, 0.15) is 5.75 Å². The predicted octanol–water partition coefficient (Wildman–Crippen LogP) is 3.70. The summed E-state index contributed by atoms with van der Waals surface area (Å²) >= 11 is 0. The summed E-state index contributed by atoms with van der Waals surface area (Å²) in [6.07, 6.45) is 0. The normalized spacial score (nSPS) is 11.8. The Morgan fingerprint density at radius 2 is 1.66 bits per heavy atom. The molecule has 3 N–H and O–H groups in total. The molecule has 178 valence electrons. The first-order valence-electron chi connectivity index (χ1n) is 10.5. The second-order valence-corrected chi connectivity index (χ2v) is 9.43. The fourth-order valence-corrected chi connectivity index (χ4v) is 4.49. The van der Waals surface area contributed by atoms with Crippen molar-refractivity contribution in [3.63, 3.8) is 0 Å². The molecule has 0 unspecified atom stereocenters. The van der Waals surface area contributed by atoms with Gasteiger partial charge in [0.2, 0.25) is 10.0 Å². The van der Waals surface area contributed by atoms with E-state index < -0.39 is 10.0 Å². The van der Waals surface area contributed by atoms with Crippen molar-refractivity contribution < 1.29 is 13.2 Å². The van der Waals surface area contributed by atoms with E-state index in [0.29, 0.717) is 25.7 Å². The number of nitrogens with one attached hydrogen (secondary N) is 3. The number of sulfonamides is 1. The number of hydrogen-bond acceptors (Lipinski definition) is 4. The van der Waals surface area contributed by atoms with E-state index in [1.54, 1.807) is 7.05 Å². The van der Waals surface area contributed by atoms with Crippen molar-refractivity contribution >= 4 is 40.0 Å². The molecule has 2 aromatic rings. The monoisotopic (exact) mass is 574 g/mol. The summed E-state index contributed by atoms with van der Waals surface area (Å²) in [5, 5.41) is 6.59. The number of guanidine groups is 1. The maximum absolute atomic E-state index is 12.1. The molecule has 0 radical (unpaired) electrons. The van der Waals surface area contributed by atoms with Crippen LogP contribution < -0.4 is 20.1 Å². The van der Waals surface area contributed by atoms with Gasteiger partial charge in [0.05, 0.1) is 12.4 Å². The van der Waals surface area contributed by atoms with E-state index in [-0.39, 0.29) is 35.8 Å². The summed E-state index contributed by atoms with van der Waals surface area (Å²) in [6, 6.07) is 13.6. The van der Waals surface area contributed by atoms with Gasteiger partial charge in [-0.25, -0.2) is 13.1 Å². The average Bonchev–Trinajstić information content (AvgIpc) is 2.69. The highest BCUT2D eigenvalue weighted by molar-refractivity contribution is 14.0. The Kier molecular flexibility index (Phi) is 12.0. The molecule has 0 aliphatic carbocycles. The van der Waals surface area contributed by atoms with Crippen LogP contribution in [0.5, 0.6) is 5.75 Å². The number of ether oxygens (including phenoxy) is 1. The zero-order valence-electron chi connectivity index (χ0n) is 19.4. The summed E-state index contributed by atoms with van der Waals surface area (Å²) in [4.78, 5) is 4.27. The summed E-state index contributed by atoms with van der Waals surface area (Å²) in [6.45, 7) is 9.42. The first-order valence-corrected chi connectivity index (χ1v) is 12.1. The third kappa shape index (κ3) is 9.74. The highest BCUT2D eigenvalue weighted by Gasteiger charge is 2.13. The van der Waals surface area contributed by atoms with Crippen molar-refractivity contribution in [1.82, 2.24) is 15.4 Å². The van der Waals surface area contributed by atoms with E-state index in [2.05, 4.69) is 32.5 Å². The molecule has 2 aromatic carbocycles. The minimum Gasteiger partial charge on any atom is -0.494 e. The van der Waals surface area contributed by atoms with Gasteiger partial charge in [0.25, 0.3) is 0 Å². The number of halogens is 1. The van der Waals surface area contributed by atoms with Gasteiger partial charge in [-0.15, -0.1) is 24.0 Å². The predicted molar refractivity (Wildman–Crippen MR) is 142 cm³/mol. The van der Waals surface area contributed by atoms with Crippen molar-refractivity contribution in [3.8, 4) is 5.75 Å². The van der Waals surface area contributed by atoms with Gasteiger partial charge in [-0.2, -0.15) is 0 Å². The van der Waals surface area contributed by atoms with E-state index in [0.717, 1.165) is 28.0 Å². The largest absolute Gasteiger partial charge is 0.494 e. The average molecular weight is 575 g/mol. The maximum Gasteiger partial charge on any atom is 0.216 e. The quantitative estimate of drug-likeness (QED) is 0.229. The summed E-state index contributed by atoms with van der Waals surface area (Å²) < 4.78 is 32.5. The fourth-order valence-electron chi connectivity index (χ4n) is 3.06. The lowest BCUT2D eigenvalue weighted by molar-refractivity contribution is 0.336. The van der Waals surface area contributed by atoms with Crippen LogP contribution in [0.1, 0.15) is 43.0 Å². The molecule has 0 aliphatic rings. The summed E-state index contributed by atoms with van der Waals surface area (Å²) in [7, 11) is -1.60.